The van der Waals surface area contributed by atoms with E-state index < -0.39 is 0 Å². The van der Waals surface area contributed by atoms with E-state index in [4.69, 9.17) is 4.42 Å². The summed E-state index contributed by atoms with van der Waals surface area (Å²) < 4.78 is 5.75. The first-order valence-corrected chi connectivity index (χ1v) is 11.2. The van der Waals surface area contributed by atoms with Gasteiger partial charge < -0.3 is 14.6 Å². The number of aryl methyl sites for hydroxylation is 2. The molecule has 156 valence electrons. The fraction of sp³-hybridized carbons (Fsp3) is 0.818. The molecule has 1 saturated carbocycles. The molecule has 6 nitrogen and oxygen atoms in total. The third kappa shape index (κ3) is 4.37. The van der Waals surface area contributed by atoms with E-state index in [-0.39, 0.29) is 0 Å². The second kappa shape index (κ2) is 8.44. The molecule has 0 aromatic carbocycles. The Bertz CT molecular complexity index is 664. The fourth-order valence-electron chi connectivity index (χ4n) is 5.36. The Morgan fingerprint density at radius 1 is 1.18 bits per heavy atom. The predicted molar refractivity (Wildman–Crippen MR) is 112 cm³/mol. The first kappa shape index (κ1) is 19.7. The largest absolute Gasteiger partial charge is 0.444 e. The van der Waals surface area contributed by atoms with Crippen LogP contribution in [0.1, 0.15) is 62.3 Å². The van der Waals surface area contributed by atoms with Gasteiger partial charge in [0.15, 0.2) is 5.96 Å². The molecule has 3 heterocycles. The lowest BCUT2D eigenvalue weighted by Crippen LogP contribution is -2.44. The van der Waals surface area contributed by atoms with Gasteiger partial charge in [-0.15, -0.1) is 0 Å². The molecular formula is C22H37N5O. The molecule has 1 N–H and O–H groups in total. The van der Waals surface area contributed by atoms with Crippen molar-refractivity contribution in [3.8, 4) is 0 Å². The molecule has 0 bridgehead atoms. The van der Waals surface area contributed by atoms with Crippen molar-refractivity contribution in [3.63, 3.8) is 0 Å². The van der Waals surface area contributed by atoms with Crippen molar-refractivity contribution in [2.75, 3.05) is 39.8 Å². The summed E-state index contributed by atoms with van der Waals surface area (Å²) in [7, 11) is 1.94. The van der Waals surface area contributed by atoms with Crippen LogP contribution in [0.2, 0.25) is 0 Å². The number of aromatic nitrogens is 1. The number of hydrogen-bond acceptors (Lipinski definition) is 4. The molecule has 1 aliphatic carbocycles. The van der Waals surface area contributed by atoms with Gasteiger partial charge in [0.25, 0.3) is 0 Å². The Morgan fingerprint density at radius 2 is 1.93 bits per heavy atom. The van der Waals surface area contributed by atoms with E-state index in [0.29, 0.717) is 5.41 Å². The molecule has 28 heavy (non-hydrogen) atoms. The number of rotatable bonds is 4. The maximum Gasteiger partial charge on any atom is 0.208 e. The molecule has 0 amide bonds. The highest BCUT2D eigenvalue weighted by molar-refractivity contribution is 5.80. The average Bonchev–Trinajstić information content (AvgIpc) is 3.40. The third-order valence-corrected chi connectivity index (χ3v) is 7.30. The number of likely N-dealkylation sites (tertiary alicyclic amines) is 2. The Balaban J connectivity index is 1.20. The van der Waals surface area contributed by atoms with E-state index >= 15 is 0 Å². The summed E-state index contributed by atoms with van der Waals surface area (Å²) >= 11 is 0. The summed E-state index contributed by atoms with van der Waals surface area (Å²) in [5.41, 5.74) is 1.61. The van der Waals surface area contributed by atoms with Crippen LogP contribution in [-0.2, 0) is 6.54 Å². The van der Waals surface area contributed by atoms with Crippen LogP contribution in [0.15, 0.2) is 9.41 Å². The zero-order valence-corrected chi connectivity index (χ0v) is 18.0. The lowest BCUT2D eigenvalue weighted by Gasteiger charge is -2.32. The van der Waals surface area contributed by atoms with Crippen LogP contribution in [0, 0.1) is 25.2 Å². The first-order chi connectivity index (χ1) is 13.6. The Hall–Kier alpha value is -1.56. The molecule has 0 unspecified atom stereocenters. The van der Waals surface area contributed by atoms with E-state index in [1.807, 2.05) is 20.9 Å². The van der Waals surface area contributed by atoms with Crippen molar-refractivity contribution in [2.24, 2.45) is 16.3 Å². The topological polar surface area (TPSA) is 56.9 Å². The van der Waals surface area contributed by atoms with Crippen molar-refractivity contribution < 1.29 is 4.42 Å². The van der Waals surface area contributed by atoms with Gasteiger partial charge in [0.2, 0.25) is 5.89 Å². The maximum absolute atomic E-state index is 5.75. The van der Waals surface area contributed by atoms with Crippen LogP contribution in [0.4, 0.5) is 0 Å². The molecule has 2 aliphatic heterocycles. The second-order valence-electron chi connectivity index (χ2n) is 9.28. The molecule has 3 fully saturated rings. The zero-order chi connectivity index (χ0) is 19.6. The number of aliphatic imine (C=N–C) groups is 1. The highest BCUT2D eigenvalue weighted by Gasteiger charge is 2.41. The average molecular weight is 388 g/mol. The summed E-state index contributed by atoms with van der Waals surface area (Å²) in [5, 5.41) is 3.69. The Labute approximate surface area is 169 Å². The number of nitrogens with one attached hydrogen (secondary N) is 1. The van der Waals surface area contributed by atoms with Gasteiger partial charge in [0.1, 0.15) is 5.76 Å². The van der Waals surface area contributed by atoms with E-state index in [9.17, 15) is 0 Å². The maximum atomic E-state index is 5.75. The van der Waals surface area contributed by atoms with Crippen LogP contribution in [0.3, 0.4) is 0 Å². The SMILES string of the molecule is CN=C(NCC1CCN(Cc2nc(C)c(C)o2)CC1)N1CCC2(CCCC2)C1. The van der Waals surface area contributed by atoms with Gasteiger partial charge >= 0.3 is 0 Å². The van der Waals surface area contributed by atoms with E-state index in [2.05, 4.69) is 25.1 Å². The number of hydrogen-bond donors (Lipinski definition) is 1. The lowest BCUT2D eigenvalue weighted by molar-refractivity contribution is 0.163. The molecule has 0 atom stereocenters. The van der Waals surface area contributed by atoms with E-state index in [1.54, 1.807) is 0 Å². The molecule has 0 radical (unpaired) electrons. The predicted octanol–water partition coefficient (Wildman–Crippen LogP) is 3.34. The van der Waals surface area contributed by atoms with Gasteiger partial charge in [-0.2, -0.15) is 0 Å². The van der Waals surface area contributed by atoms with Gasteiger partial charge in [0.05, 0.1) is 12.2 Å². The van der Waals surface area contributed by atoms with Crippen molar-refractivity contribution in [1.29, 1.82) is 0 Å². The van der Waals surface area contributed by atoms with Crippen molar-refractivity contribution in [1.82, 2.24) is 20.1 Å². The minimum absolute atomic E-state index is 0.597. The molecule has 1 aromatic rings. The number of piperidine rings is 1. The van der Waals surface area contributed by atoms with Gasteiger partial charge in [0, 0.05) is 26.7 Å². The smallest absolute Gasteiger partial charge is 0.208 e. The van der Waals surface area contributed by atoms with Crippen LogP contribution in [0.5, 0.6) is 0 Å². The molecule has 1 spiro atoms. The molecular weight excluding hydrogens is 350 g/mol. The number of oxazole rings is 1. The third-order valence-electron chi connectivity index (χ3n) is 7.30. The monoisotopic (exact) mass is 387 g/mol. The molecule has 1 aromatic heterocycles. The van der Waals surface area contributed by atoms with Crippen molar-refractivity contribution >= 4 is 5.96 Å². The van der Waals surface area contributed by atoms with Crippen molar-refractivity contribution in [3.05, 3.63) is 17.3 Å². The van der Waals surface area contributed by atoms with Crippen LogP contribution >= 0.6 is 0 Å². The Morgan fingerprint density at radius 3 is 2.57 bits per heavy atom. The minimum Gasteiger partial charge on any atom is -0.444 e. The van der Waals surface area contributed by atoms with E-state index in [1.165, 1.54) is 58.0 Å². The fourth-order valence-corrected chi connectivity index (χ4v) is 5.36. The molecule has 2 saturated heterocycles. The summed E-state index contributed by atoms with van der Waals surface area (Å²) in [6.07, 6.45) is 9.49. The van der Waals surface area contributed by atoms with E-state index in [0.717, 1.165) is 55.4 Å². The van der Waals surface area contributed by atoms with Crippen LogP contribution in [0.25, 0.3) is 0 Å². The van der Waals surface area contributed by atoms with Gasteiger partial charge in [-0.25, -0.2) is 4.98 Å². The Kier molecular flexibility index (Phi) is 5.95. The first-order valence-electron chi connectivity index (χ1n) is 11.2. The molecule has 3 aliphatic rings. The van der Waals surface area contributed by atoms with Crippen LogP contribution < -0.4 is 5.32 Å². The van der Waals surface area contributed by atoms with Gasteiger partial charge in [-0.05, 0) is 70.4 Å². The standard InChI is InChI=1S/C22H37N5O/c1-17-18(2)28-20(25-17)15-26-11-6-19(7-12-26)14-24-21(23-3)27-13-10-22(16-27)8-4-5-9-22/h19H,4-16H2,1-3H3,(H,23,24). The summed E-state index contributed by atoms with van der Waals surface area (Å²) in [6.45, 7) is 10.5. The number of nitrogens with zero attached hydrogens (tertiary/aromatic N) is 4. The number of guanidine groups is 1. The van der Waals surface area contributed by atoms with Crippen LogP contribution in [-0.4, -0.2) is 60.5 Å². The second-order valence-corrected chi connectivity index (χ2v) is 9.28. The summed E-state index contributed by atoms with van der Waals surface area (Å²) in [6, 6.07) is 0. The normalized spacial score (nSPS) is 23.8. The highest BCUT2D eigenvalue weighted by atomic mass is 16.4. The minimum atomic E-state index is 0.597. The summed E-state index contributed by atoms with van der Waals surface area (Å²) in [5.74, 6) is 3.66. The van der Waals surface area contributed by atoms with Gasteiger partial charge in [-0.3, -0.25) is 9.89 Å². The quantitative estimate of drug-likeness (QED) is 0.634. The molecule has 4 rings (SSSR count). The zero-order valence-electron chi connectivity index (χ0n) is 18.0. The summed E-state index contributed by atoms with van der Waals surface area (Å²) in [4.78, 5) is 14.1. The highest BCUT2D eigenvalue weighted by Crippen LogP contribution is 2.45. The lowest BCUT2D eigenvalue weighted by atomic mass is 9.86. The van der Waals surface area contributed by atoms with Crippen molar-refractivity contribution in [2.45, 2.75) is 65.3 Å². The molecule has 6 heteroatoms. The van der Waals surface area contributed by atoms with Gasteiger partial charge in [-0.1, -0.05) is 12.8 Å².